The molecule has 0 aliphatic carbocycles. The first-order chi connectivity index (χ1) is 17.2. The zero-order chi connectivity index (χ0) is 24.5. The molecule has 0 unspecified atom stereocenters. The lowest BCUT2D eigenvalue weighted by molar-refractivity contribution is -0.645. The first-order valence-electron chi connectivity index (χ1n) is 11.8. The van der Waals surface area contributed by atoms with E-state index in [0.29, 0.717) is 28.9 Å². The second-order valence-corrected chi connectivity index (χ2v) is 8.29. The van der Waals surface area contributed by atoms with Gasteiger partial charge in [0.1, 0.15) is 11.0 Å². The van der Waals surface area contributed by atoms with E-state index in [4.69, 9.17) is 4.74 Å². The summed E-state index contributed by atoms with van der Waals surface area (Å²) in [6.45, 7) is 0.438. The van der Waals surface area contributed by atoms with Gasteiger partial charge in [0.15, 0.2) is 0 Å². The molecule has 6 nitrogen and oxygen atoms in total. The monoisotopic (exact) mass is 473 g/mol. The summed E-state index contributed by atoms with van der Waals surface area (Å²) in [6.07, 6.45) is 7.78. The number of para-hydroxylation sites is 2. The number of aromatic nitrogens is 3. The smallest absolute Gasteiger partial charge is 0.359 e. The van der Waals surface area contributed by atoms with Crippen LogP contribution in [0.2, 0.25) is 0 Å². The summed E-state index contributed by atoms with van der Waals surface area (Å²) in [5.74, 6) is 0.441. The fraction of sp³-hybridized carbons (Fsp3) is 0.250. The van der Waals surface area contributed by atoms with Gasteiger partial charge in [0.05, 0.1) is 13.3 Å². The van der Waals surface area contributed by atoms with E-state index in [-0.39, 0.29) is 6.67 Å². The summed E-state index contributed by atoms with van der Waals surface area (Å²) < 4.78 is 19.0. The van der Waals surface area contributed by atoms with Gasteiger partial charge in [-0.25, -0.2) is 4.79 Å². The molecule has 35 heavy (non-hydrogen) atoms. The fourth-order valence-corrected chi connectivity index (χ4v) is 3.83. The summed E-state index contributed by atoms with van der Waals surface area (Å²) in [7, 11) is 0. The Morgan fingerprint density at radius 3 is 2.31 bits per heavy atom. The summed E-state index contributed by atoms with van der Waals surface area (Å²) in [4.78, 5) is 13.0. The van der Waals surface area contributed by atoms with E-state index < -0.39 is 5.91 Å². The third kappa shape index (κ3) is 6.32. The molecule has 0 fully saturated rings. The number of allylic oxidation sites excluding steroid dienone is 1. The molecule has 0 amide bonds. The molecule has 0 atom stereocenters. The van der Waals surface area contributed by atoms with E-state index in [9.17, 15) is 14.4 Å². The Balaban J connectivity index is 1.31. The Kier molecular flexibility index (Phi) is 8.22. The largest absolute Gasteiger partial charge is 0.691 e. The highest BCUT2D eigenvalue weighted by Gasteiger charge is 2.18. The zero-order valence-electron chi connectivity index (χ0n) is 19.5. The predicted octanol–water partition coefficient (Wildman–Crippen LogP) is 5.99. The molecule has 7 heteroatoms. The number of alkyl halides is 1. The van der Waals surface area contributed by atoms with Crippen LogP contribution >= 0.6 is 0 Å². The molecule has 1 aromatic heterocycles. The van der Waals surface area contributed by atoms with Gasteiger partial charge in [0, 0.05) is 6.08 Å². The first kappa shape index (κ1) is 24.1. The lowest BCUT2D eigenvalue weighted by atomic mass is 10.0. The molecule has 0 radical (unpaired) electrons. The predicted molar refractivity (Wildman–Crippen MR) is 135 cm³/mol. The number of nitrogens with zero attached hydrogens (tertiary/aromatic N) is 3. The molecule has 0 N–H and O–H groups in total. The molecule has 180 valence electrons. The minimum atomic E-state index is -0.393. The maximum Gasteiger partial charge on any atom is 0.359 e. The average molecular weight is 474 g/mol. The minimum absolute atomic E-state index is 0.227. The Morgan fingerprint density at radius 2 is 1.57 bits per heavy atom. The third-order valence-electron chi connectivity index (χ3n) is 5.76. The van der Waals surface area contributed by atoms with Crippen LogP contribution in [-0.4, -0.2) is 29.1 Å². The van der Waals surface area contributed by atoms with Crippen LogP contribution in [0, 0.1) is 5.21 Å². The number of ether oxygens (including phenoxy) is 1. The van der Waals surface area contributed by atoms with Crippen molar-refractivity contribution in [2.45, 2.75) is 32.1 Å². The SMILES string of the molecule is O=C(C=Cc1ccc(-c2ccc(OCCCCCCCF)cc2)cc1)n1n[n+]([O-])c2ccccc21. The van der Waals surface area contributed by atoms with Gasteiger partial charge in [-0.05, 0) is 59.9 Å². The van der Waals surface area contributed by atoms with Crippen molar-refractivity contribution < 1.29 is 18.8 Å². The van der Waals surface area contributed by atoms with Crippen molar-refractivity contribution in [3.8, 4) is 16.9 Å². The van der Waals surface area contributed by atoms with Crippen molar-refractivity contribution in [3.05, 3.63) is 89.6 Å². The van der Waals surface area contributed by atoms with E-state index in [0.717, 1.165) is 52.8 Å². The van der Waals surface area contributed by atoms with Crippen LogP contribution in [-0.2, 0) is 0 Å². The van der Waals surface area contributed by atoms with Crippen molar-refractivity contribution in [2.75, 3.05) is 13.3 Å². The number of benzene rings is 3. The summed E-state index contributed by atoms with van der Waals surface area (Å²) in [5, 5.41) is 15.6. The number of rotatable bonds is 11. The Bertz CT molecular complexity index is 1280. The van der Waals surface area contributed by atoms with Gasteiger partial charge in [-0.2, -0.15) is 0 Å². The van der Waals surface area contributed by atoms with Crippen LogP contribution in [0.3, 0.4) is 0 Å². The van der Waals surface area contributed by atoms with E-state index in [2.05, 4.69) is 5.21 Å². The summed E-state index contributed by atoms with van der Waals surface area (Å²) in [6, 6.07) is 22.6. The molecular weight excluding hydrogens is 445 g/mol. The Labute approximate surface area is 203 Å². The van der Waals surface area contributed by atoms with Crippen molar-refractivity contribution in [2.24, 2.45) is 0 Å². The third-order valence-corrected chi connectivity index (χ3v) is 5.76. The van der Waals surface area contributed by atoms with E-state index in [1.807, 2.05) is 48.5 Å². The summed E-state index contributed by atoms with van der Waals surface area (Å²) in [5.41, 5.74) is 3.80. The van der Waals surface area contributed by atoms with Gasteiger partial charge in [0.2, 0.25) is 11.0 Å². The molecule has 0 bridgehead atoms. The van der Waals surface area contributed by atoms with Crippen LogP contribution in [0.1, 0.15) is 42.5 Å². The van der Waals surface area contributed by atoms with Crippen LogP contribution in [0.4, 0.5) is 4.39 Å². The molecule has 0 aliphatic heterocycles. The number of halogens is 1. The first-order valence-corrected chi connectivity index (χ1v) is 11.8. The van der Waals surface area contributed by atoms with Crippen molar-refractivity contribution in [1.29, 1.82) is 0 Å². The van der Waals surface area contributed by atoms with Crippen molar-refractivity contribution >= 4 is 23.0 Å². The molecule has 0 spiro atoms. The van der Waals surface area contributed by atoms with E-state index >= 15 is 0 Å². The molecule has 4 aromatic rings. The van der Waals surface area contributed by atoms with Crippen LogP contribution in [0.15, 0.2) is 78.9 Å². The van der Waals surface area contributed by atoms with Gasteiger partial charge in [0.25, 0.3) is 0 Å². The Morgan fingerprint density at radius 1 is 0.914 bits per heavy atom. The number of hydrogen-bond donors (Lipinski definition) is 0. The molecule has 0 saturated carbocycles. The van der Waals surface area contributed by atoms with E-state index in [1.54, 1.807) is 30.3 Å². The normalized spacial score (nSPS) is 11.3. The fourth-order valence-electron chi connectivity index (χ4n) is 3.83. The topological polar surface area (TPSA) is 71.1 Å². The lowest BCUT2D eigenvalue weighted by Crippen LogP contribution is -2.30. The number of unbranched alkanes of at least 4 members (excludes halogenated alkanes) is 4. The Hall–Kier alpha value is -4.00. The van der Waals surface area contributed by atoms with Crippen molar-refractivity contribution in [3.63, 3.8) is 0 Å². The number of fused-ring (bicyclic) bond motifs is 1. The molecule has 0 saturated heterocycles. The zero-order valence-corrected chi connectivity index (χ0v) is 19.5. The minimum Gasteiger partial charge on any atom is -0.691 e. The maximum absolute atomic E-state index is 12.6. The van der Waals surface area contributed by atoms with Crippen LogP contribution < -0.4 is 9.58 Å². The highest BCUT2D eigenvalue weighted by molar-refractivity contribution is 5.97. The standard InChI is InChI=1S/C28H28FN3O3/c29-20-6-2-1-3-7-21-35-25-17-15-24(16-18-25)23-13-10-22(11-14-23)12-19-28(33)31-26-8-4-5-9-27(26)32(34)30-31/h4-5,8-19H,1-3,6-7,20-21H2. The van der Waals surface area contributed by atoms with Crippen LogP contribution in [0.25, 0.3) is 28.2 Å². The molecule has 0 aliphatic rings. The second-order valence-electron chi connectivity index (χ2n) is 8.29. The van der Waals surface area contributed by atoms with Gasteiger partial charge in [-0.3, -0.25) is 4.39 Å². The molecular formula is C28H28FN3O3. The maximum atomic E-state index is 12.6. The van der Waals surface area contributed by atoms with Gasteiger partial charge in [-0.15, -0.1) is 4.85 Å². The molecule has 1 heterocycles. The summed E-state index contributed by atoms with van der Waals surface area (Å²) >= 11 is 0. The van der Waals surface area contributed by atoms with Gasteiger partial charge < -0.3 is 9.94 Å². The quantitative estimate of drug-likeness (QED) is 0.116. The van der Waals surface area contributed by atoms with E-state index in [1.165, 1.54) is 6.08 Å². The highest BCUT2D eigenvalue weighted by atomic mass is 19.1. The molecule has 3 aromatic carbocycles. The van der Waals surface area contributed by atoms with Gasteiger partial charge in [-0.1, -0.05) is 72.5 Å². The second kappa shape index (κ2) is 11.9. The number of hydrogen-bond acceptors (Lipinski definition) is 4. The number of carbonyl (C=O) groups excluding carboxylic acids is 1. The highest BCUT2D eigenvalue weighted by Crippen LogP contribution is 2.23. The van der Waals surface area contributed by atoms with Crippen LogP contribution in [0.5, 0.6) is 5.75 Å². The number of carbonyl (C=O) groups is 1. The van der Waals surface area contributed by atoms with Gasteiger partial charge >= 0.3 is 5.91 Å². The average Bonchev–Trinajstić information content (AvgIpc) is 3.24. The molecule has 4 rings (SSSR count). The lowest BCUT2D eigenvalue weighted by Gasteiger charge is -2.08. The van der Waals surface area contributed by atoms with Crippen molar-refractivity contribution in [1.82, 2.24) is 9.90 Å².